The normalized spacial score (nSPS) is 16.2. The predicted octanol–water partition coefficient (Wildman–Crippen LogP) is 3.32. The van der Waals surface area contributed by atoms with E-state index < -0.39 is 0 Å². The van der Waals surface area contributed by atoms with Crippen molar-refractivity contribution in [2.75, 3.05) is 31.3 Å². The molecule has 0 radical (unpaired) electrons. The van der Waals surface area contributed by atoms with Crippen LogP contribution < -0.4 is 11.1 Å². The first-order chi connectivity index (χ1) is 16.0. The number of carbonyl (C=O) groups is 2. The molecule has 9 nitrogen and oxygen atoms in total. The summed E-state index contributed by atoms with van der Waals surface area (Å²) in [6.07, 6.45) is 5.49. The number of amides is 2. The maximum atomic E-state index is 13.1. The lowest BCUT2D eigenvalue weighted by molar-refractivity contribution is 0.0635. The molecule has 33 heavy (non-hydrogen) atoms. The van der Waals surface area contributed by atoms with Gasteiger partial charge in [0.05, 0.1) is 5.56 Å². The van der Waals surface area contributed by atoms with Gasteiger partial charge in [0, 0.05) is 50.3 Å². The highest BCUT2D eigenvalue weighted by molar-refractivity contribution is 6.04. The average molecular weight is 451 g/mol. The van der Waals surface area contributed by atoms with Gasteiger partial charge in [-0.2, -0.15) is 0 Å². The molecule has 0 spiro atoms. The molecule has 3 N–H and O–H groups in total. The molecule has 1 aliphatic heterocycles. The number of benzene rings is 1. The van der Waals surface area contributed by atoms with Crippen molar-refractivity contribution in [3.63, 3.8) is 0 Å². The summed E-state index contributed by atoms with van der Waals surface area (Å²) >= 11 is 0. The van der Waals surface area contributed by atoms with Gasteiger partial charge in [0.2, 0.25) is 5.95 Å². The number of imidazole rings is 1. The van der Waals surface area contributed by atoms with Crippen LogP contribution in [-0.2, 0) is 11.3 Å². The zero-order valence-electron chi connectivity index (χ0n) is 19.1. The fourth-order valence-electron chi connectivity index (χ4n) is 4.22. The first-order valence-corrected chi connectivity index (χ1v) is 11.3. The number of likely N-dealkylation sites (tertiary alicyclic amines) is 1. The number of carbonyl (C=O) groups excluding carboxylic acids is 2. The zero-order valence-corrected chi connectivity index (χ0v) is 19.1. The third kappa shape index (κ3) is 4.98. The third-order valence-corrected chi connectivity index (χ3v) is 6.00. The van der Waals surface area contributed by atoms with E-state index in [4.69, 9.17) is 10.5 Å². The van der Waals surface area contributed by atoms with Gasteiger partial charge in [-0.05, 0) is 56.9 Å². The second kappa shape index (κ2) is 9.99. The Balaban J connectivity index is 1.65. The van der Waals surface area contributed by atoms with E-state index >= 15 is 0 Å². The lowest BCUT2D eigenvalue weighted by Gasteiger charge is -2.33. The Labute approximate surface area is 192 Å². The van der Waals surface area contributed by atoms with Crippen molar-refractivity contribution in [2.24, 2.45) is 0 Å². The van der Waals surface area contributed by atoms with E-state index in [9.17, 15) is 9.59 Å². The zero-order chi connectivity index (χ0) is 23.4. The Morgan fingerprint density at radius 1 is 1.24 bits per heavy atom. The SMILES string of the molecule is COCCCn1c(NC(=O)c2cccc(N)c2)nc2cc(C(=O)N3CCCC[C@H]3C)cnc21. The number of anilines is 2. The van der Waals surface area contributed by atoms with Crippen LogP contribution >= 0.6 is 0 Å². The van der Waals surface area contributed by atoms with Gasteiger partial charge in [-0.1, -0.05) is 6.07 Å². The third-order valence-electron chi connectivity index (χ3n) is 6.00. The molecule has 2 aromatic heterocycles. The number of piperidine rings is 1. The van der Waals surface area contributed by atoms with Gasteiger partial charge in [-0.15, -0.1) is 0 Å². The van der Waals surface area contributed by atoms with Crippen molar-refractivity contribution in [1.82, 2.24) is 19.4 Å². The highest BCUT2D eigenvalue weighted by atomic mass is 16.5. The number of hydrogen-bond acceptors (Lipinski definition) is 6. The number of pyridine rings is 1. The van der Waals surface area contributed by atoms with Crippen molar-refractivity contribution in [1.29, 1.82) is 0 Å². The Morgan fingerprint density at radius 3 is 2.85 bits per heavy atom. The van der Waals surface area contributed by atoms with Crippen LogP contribution in [0.3, 0.4) is 0 Å². The van der Waals surface area contributed by atoms with Crippen molar-refractivity contribution in [3.05, 3.63) is 47.7 Å². The van der Waals surface area contributed by atoms with Crippen molar-refractivity contribution >= 4 is 34.6 Å². The van der Waals surface area contributed by atoms with E-state index in [1.165, 1.54) is 0 Å². The summed E-state index contributed by atoms with van der Waals surface area (Å²) in [6.45, 7) is 3.95. The number of nitrogen functional groups attached to an aromatic ring is 1. The van der Waals surface area contributed by atoms with Crippen LogP contribution in [0, 0.1) is 0 Å². The van der Waals surface area contributed by atoms with E-state index in [2.05, 4.69) is 22.2 Å². The summed E-state index contributed by atoms with van der Waals surface area (Å²) < 4.78 is 7.02. The van der Waals surface area contributed by atoms with Gasteiger partial charge in [0.1, 0.15) is 5.52 Å². The lowest BCUT2D eigenvalue weighted by Crippen LogP contribution is -2.42. The van der Waals surface area contributed by atoms with Gasteiger partial charge in [0.15, 0.2) is 5.65 Å². The summed E-state index contributed by atoms with van der Waals surface area (Å²) in [4.78, 5) is 37.0. The fourth-order valence-corrected chi connectivity index (χ4v) is 4.22. The quantitative estimate of drug-likeness (QED) is 0.421. The highest BCUT2D eigenvalue weighted by Crippen LogP contribution is 2.23. The first-order valence-electron chi connectivity index (χ1n) is 11.3. The van der Waals surface area contributed by atoms with Crippen LogP contribution in [0.15, 0.2) is 36.5 Å². The minimum atomic E-state index is -0.316. The number of methoxy groups -OCH3 is 1. The number of nitrogens with two attached hydrogens (primary N) is 1. The molecule has 3 heterocycles. The molecule has 2 amide bonds. The lowest BCUT2D eigenvalue weighted by atomic mass is 10.0. The van der Waals surface area contributed by atoms with Gasteiger partial charge in [-0.3, -0.25) is 19.5 Å². The number of aromatic nitrogens is 3. The molecule has 1 fully saturated rings. The Morgan fingerprint density at radius 2 is 2.09 bits per heavy atom. The van der Waals surface area contributed by atoms with Gasteiger partial charge in [-0.25, -0.2) is 9.97 Å². The maximum Gasteiger partial charge on any atom is 0.258 e. The van der Waals surface area contributed by atoms with Crippen molar-refractivity contribution in [2.45, 2.75) is 45.2 Å². The molecular weight excluding hydrogens is 420 g/mol. The van der Waals surface area contributed by atoms with Crippen LogP contribution in [-0.4, -0.2) is 57.6 Å². The molecule has 0 unspecified atom stereocenters. The monoisotopic (exact) mass is 450 g/mol. The van der Waals surface area contributed by atoms with Crippen LogP contribution in [0.5, 0.6) is 0 Å². The van der Waals surface area contributed by atoms with E-state index in [1.807, 2.05) is 9.47 Å². The smallest absolute Gasteiger partial charge is 0.258 e. The largest absolute Gasteiger partial charge is 0.399 e. The van der Waals surface area contributed by atoms with E-state index in [1.54, 1.807) is 43.6 Å². The minimum Gasteiger partial charge on any atom is -0.399 e. The summed E-state index contributed by atoms with van der Waals surface area (Å²) in [7, 11) is 1.65. The molecule has 0 saturated carbocycles. The topological polar surface area (TPSA) is 115 Å². The van der Waals surface area contributed by atoms with Crippen LogP contribution in [0.2, 0.25) is 0 Å². The summed E-state index contributed by atoms with van der Waals surface area (Å²) in [6, 6.07) is 8.73. The van der Waals surface area contributed by atoms with Gasteiger partial charge >= 0.3 is 0 Å². The number of rotatable bonds is 7. The maximum absolute atomic E-state index is 13.1. The summed E-state index contributed by atoms with van der Waals surface area (Å²) in [5.41, 5.74) is 8.44. The van der Waals surface area contributed by atoms with Gasteiger partial charge < -0.3 is 15.4 Å². The molecule has 4 rings (SSSR count). The summed E-state index contributed by atoms with van der Waals surface area (Å²) in [5.74, 6) is 0.0249. The Bertz CT molecular complexity index is 1160. The number of nitrogens with zero attached hydrogens (tertiary/aromatic N) is 4. The molecule has 1 saturated heterocycles. The standard InChI is InChI=1S/C24H30N6O3/c1-16-7-3-4-10-29(16)23(32)18-14-20-21(26-15-18)30(11-6-12-33-2)24(27-20)28-22(31)17-8-5-9-19(25)13-17/h5,8-9,13-16H,3-4,6-7,10-12,25H2,1-2H3,(H,27,28,31)/t16-/m1/s1. The van der Waals surface area contributed by atoms with Crippen LogP contribution in [0.25, 0.3) is 11.2 Å². The van der Waals surface area contributed by atoms with E-state index in [0.29, 0.717) is 47.1 Å². The Kier molecular flexibility index (Phi) is 6.88. The molecule has 9 heteroatoms. The van der Waals surface area contributed by atoms with E-state index in [-0.39, 0.29) is 17.9 Å². The number of ether oxygens (including phenoxy) is 1. The second-order valence-corrected chi connectivity index (χ2v) is 8.42. The van der Waals surface area contributed by atoms with Gasteiger partial charge in [0.25, 0.3) is 11.8 Å². The number of hydrogen-bond donors (Lipinski definition) is 2. The fraction of sp³-hybridized carbons (Fsp3) is 0.417. The molecular formula is C24H30N6O3. The van der Waals surface area contributed by atoms with Crippen LogP contribution in [0.4, 0.5) is 11.6 Å². The second-order valence-electron chi connectivity index (χ2n) is 8.42. The molecule has 0 aliphatic carbocycles. The number of aryl methyl sites for hydroxylation is 1. The number of fused-ring (bicyclic) bond motifs is 1. The predicted molar refractivity (Wildman–Crippen MR) is 127 cm³/mol. The molecule has 3 aromatic rings. The van der Waals surface area contributed by atoms with E-state index in [0.717, 1.165) is 32.2 Å². The molecule has 1 aromatic carbocycles. The molecule has 174 valence electrons. The molecule has 0 bridgehead atoms. The van der Waals surface area contributed by atoms with Crippen molar-refractivity contribution in [3.8, 4) is 0 Å². The number of nitrogens with one attached hydrogen (secondary N) is 1. The molecule has 1 aliphatic rings. The van der Waals surface area contributed by atoms with Crippen molar-refractivity contribution < 1.29 is 14.3 Å². The average Bonchev–Trinajstić information content (AvgIpc) is 3.15. The minimum absolute atomic E-state index is 0.0316. The Hall–Kier alpha value is -3.46. The first kappa shape index (κ1) is 22.7. The van der Waals surface area contributed by atoms with Crippen LogP contribution in [0.1, 0.15) is 53.3 Å². The molecule has 1 atom stereocenters. The highest BCUT2D eigenvalue weighted by Gasteiger charge is 2.25. The summed E-state index contributed by atoms with van der Waals surface area (Å²) in [5, 5.41) is 2.87.